The zero-order valence-electron chi connectivity index (χ0n) is 9.32. The molecule has 0 unspecified atom stereocenters. The molecule has 0 radical (unpaired) electrons. The highest BCUT2D eigenvalue weighted by Gasteiger charge is 2.23. The Morgan fingerprint density at radius 2 is 1.87 bits per heavy atom. The van der Waals surface area contributed by atoms with E-state index in [1.807, 2.05) is 11.8 Å². The molecule has 1 fully saturated rings. The zero-order chi connectivity index (χ0) is 11.3. The monoisotopic (exact) mass is 230 g/mol. The van der Waals surface area contributed by atoms with Crippen molar-refractivity contribution in [2.45, 2.75) is 50.4 Å². The summed E-state index contributed by atoms with van der Waals surface area (Å²) in [5, 5.41) is 0.716. The van der Waals surface area contributed by atoms with Gasteiger partial charge in [0.1, 0.15) is 18.3 Å². The molecular weight excluding hydrogens is 212 g/mol. The lowest BCUT2D eigenvalue weighted by Gasteiger charge is -2.27. The van der Waals surface area contributed by atoms with Crippen LogP contribution in [0.25, 0.3) is 0 Å². The van der Waals surface area contributed by atoms with Crippen LogP contribution in [0.1, 0.15) is 39.0 Å². The maximum atomic E-state index is 11.2. The normalized spacial score (nSPS) is 26.0. The van der Waals surface area contributed by atoms with Gasteiger partial charge in [0.2, 0.25) is 0 Å². The Labute approximate surface area is 94.9 Å². The molecule has 0 N–H and O–H groups in total. The zero-order valence-corrected chi connectivity index (χ0v) is 10.1. The molecule has 0 amide bonds. The number of thioether (sulfide) groups is 1. The Morgan fingerprint density at radius 3 is 2.33 bits per heavy atom. The second kappa shape index (κ2) is 6.16. The van der Waals surface area contributed by atoms with Crippen LogP contribution in [-0.4, -0.2) is 29.4 Å². The summed E-state index contributed by atoms with van der Waals surface area (Å²) in [5.74, 6) is -0.493. The molecule has 1 rings (SSSR count). The Balaban J connectivity index is 2.23. The van der Waals surface area contributed by atoms with E-state index in [-0.39, 0.29) is 24.3 Å². The summed E-state index contributed by atoms with van der Waals surface area (Å²) in [6.07, 6.45) is 6.18. The van der Waals surface area contributed by atoms with Gasteiger partial charge < -0.3 is 4.74 Å². The van der Waals surface area contributed by atoms with E-state index in [0.29, 0.717) is 5.25 Å². The number of hydrogen-bond acceptors (Lipinski definition) is 4. The van der Waals surface area contributed by atoms with Crippen LogP contribution in [-0.2, 0) is 14.3 Å². The third kappa shape index (κ3) is 4.69. The molecule has 0 bridgehead atoms. The summed E-state index contributed by atoms with van der Waals surface area (Å²) in [6.45, 7) is 1.41. The van der Waals surface area contributed by atoms with Gasteiger partial charge in [0, 0.05) is 5.25 Å². The maximum Gasteiger partial charge on any atom is 0.313 e. The van der Waals surface area contributed by atoms with Gasteiger partial charge in [0.15, 0.2) is 0 Å². The van der Waals surface area contributed by atoms with Gasteiger partial charge in [-0.3, -0.25) is 9.59 Å². The van der Waals surface area contributed by atoms with E-state index in [0.717, 1.165) is 25.7 Å². The van der Waals surface area contributed by atoms with Crippen LogP contribution >= 0.6 is 11.8 Å². The minimum atomic E-state index is -0.366. The SMILES string of the molecule is CSC1CCC(OC(=O)CC(C)=O)CC1. The van der Waals surface area contributed by atoms with Gasteiger partial charge in [0.05, 0.1) is 0 Å². The largest absolute Gasteiger partial charge is 0.462 e. The fraction of sp³-hybridized carbons (Fsp3) is 0.818. The van der Waals surface area contributed by atoms with Gasteiger partial charge in [-0.1, -0.05) is 0 Å². The lowest BCUT2D eigenvalue weighted by molar-refractivity contribution is -0.151. The van der Waals surface area contributed by atoms with Crippen molar-refractivity contribution in [1.82, 2.24) is 0 Å². The minimum Gasteiger partial charge on any atom is -0.462 e. The summed E-state index contributed by atoms with van der Waals surface area (Å²) in [4.78, 5) is 21.9. The highest BCUT2D eigenvalue weighted by atomic mass is 32.2. The van der Waals surface area contributed by atoms with Crippen molar-refractivity contribution >= 4 is 23.5 Å². The van der Waals surface area contributed by atoms with E-state index in [2.05, 4.69) is 6.26 Å². The van der Waals surface area contributed by atoms with Crippen molar-refractivity contribution in [2.75, 3.05) is 6.26 Å². The number of ether oxygens (including phenoxy) is 1. The average molecular weight is 230 g/mol. The van der Waals surface area contributed by atoms with Gasteiger partial charge in [-0.2, -0.15) is 11.8 Å². The van der Waals surface area contributed by atoms with Crippen molar-refractivity contribution in [3.63, 3.8) is 0 Å². The van der Waals surface area contributed by atoms with Crippen LogP contribution in [0.2, 0.25) is 0 Å². The molecule has 0 aliphatic heterocycles. The molecule has 0 aromatic rings. The summed E-state index contributed by atoms with van der Waals surface area (Å²) < 4.78 is 5.23. The van der Waals surface area contributed by atoms with E-state index < -0.39 is 0 Å². The quantitative estimate of drug-likeness (QED) is 0.548. The van der Waals surface area contributed by atoms with Gasteiger partial charge in [-0.05, 0) is 38.9 Å². The molecule has 0 atom stereocenters. The van der Waals surface area contributed by atoms with Crippen molar-refractivity contribution in [3.8, 4) is 0 Å². The molecule has 0 aromatic carbocycles. The predicted molar refractivity (Wildman–Crippen MR) is 60.9 cm³/mol. The number of esters is 1. The van der Waals surface area contributed by atoms with Gasteiger partial charge in [-0.15, -0.1) is 0 Å². The van der Waals surface area contributed by atoms with E-state index in [4.69, 9.17) is 4.74 Å². The Hall–Kier alpha value is -0.510. The van der Waals surface area contributed by atoms with Crippen LogP contribution in [0.15, 0.2) is 0 Å². The van der Waals surface area contributed by atoms with E-state index >= 15 is 0 Å². The van der Waals surface area contributed by atoms with Crippen molar-refractivity contribution < 1.29 is 14.3 Å². The lowest BCUT2D eigenvalue weighted by atomic mass is 9.97. The molecule has 1 aliphatic carbocycles. The molecule has 86 valence electrons. The number of carbonyl (C=O) groups is 2. The molecule has 3 nitrogen and oxygen atoms in total. The minimum absolute atomic E-state index is 0.0419. The summed E-state index contributed by atoms with van der Waals surface area (Å²) in [7, 11) is 0. The predicted octanol–water partition coefficient (Wildman–Crippen LogP) is 2.18. The van der Waals surface area contributed by atoms with Gasteiger partial charge in [-0.25, -0.2) is 0 Å². The second-order valence-electron chi connectivity index (χ2n) is 4.00. The smallest absolute Gasteiger partial charge is 0.313 e. The second-order valence-corrected chi connectivity index (χ2v) is 5.14. The third-order valence-electron chi connectivity index (χ3n) is 2.65. The van der Waals surface area contributed by atoms with E-state index in [1.54, 1.807) is 0 Å². The first-order chi connectivity index (χ1) is 7.11. The van der Waals surface area contributed by atoms with E-state index in [9.17, 15) is 9.59 Å². The molecular formula is C11H18O3S. The highest BCUT2D eigenvalue weighted by molar-refractivity contribution is 7.99. The molecule has 0 heterocycles. The fourth-order valence-corrected chi connectivity index (χ4v) is 2.56. The summed E-state index contributed by atoms with van der Waals surface area (Å²) in [5.41, 5.74) is 0. The topological polar surface area (TPSA) is 43.4 Å². The first-order valence-corrected chi connectivity index (χ1v) is 6.62. The molecule has 0 saturated heterocycles. The molecule has 1 aliphatic rings. The lowest BCUT2D eigenvalue weighted by Crippen LogP contribution is -2.26. The first kappa shape index (κ1) is 12.6. The van der Waals surface area contributed by atoms with Crippen molar-refractivity contribution in [1.29, 1.82) is 0 Å². The number of hydrogen-bond donors (Lipinski definition) is 0. The van der Waals surface area contributed by atoms with Gasteiger partial charge >= 0.3 is 5.97 Å². The van der Waals surface area contributed by atoms with Crippen LogP contribution < -0.4 is 0 Å². The Kier molecular flexibility index (Phi) is 5.15. The molecule has 0 spiro atoms. The van der Waals surface area contributed by atoms with Crippen LogP contribution in [0.4, 0.5) is 0 Å². The van der Waals surface area contributed by atoms with Crippen molar-refractivity contribution in [3.05, 3.63) is 0 Å². The number of Topliss-reactive ketones (excluding diaryl/α,β-unsaturated/α-hetero) is 1. The van der Waals surface area contributed by atoms with Crippen molar-refractivity contribution in [2.24, 2.45) is 0 Å². The third-order valence-corrected chi connectivity index (χ3v) is 3.78. The molecule has 1 saturated carbocycles. The standard InChI is InChI=1S/C11H18O3S/c1-8(12)7-11(13)14-9-3-5-10(15-2)6-4-9/h9-10H,3-7H2,1-2H3. The van der Waals surface area contributed by atoms with Crippen LogP contribution in [0, 0.1) is 0 Å². The first-order valence-electron chi connectivity index (χ1n) is 5.33. The van der Waals surface area contributed by atoms with Gasteiger partial charge in [0.25, 0.3) is 0 Å². The summed E-state index contributed by atoms with van der Waals surface area (Å²) in [6, 6.07) is 0. The van der Waals surface area contributed by atoms with Crippen LogP contribution in [0.3, 0.4) is 0 Å². The summed E-state index contributed by atoms with van der Waals surface area (Å²) >= 11 is 1.88. The number of carbonyl (C=O) groups excluding carboxylic acids is 2. The van der Waals surface area contributed by atoms with E-state index in [1.165, 1.54) is 6.92 Å². The fourth-order valence-electron chi connectivity index (χ4n) is 1.82. The molecule has 0 aromatic heterocycles. The van der Waals surface area contributed by atoms with Crippen LogP contribution in [0.5, 0.6) is 0 Å². The molecule has 4 heteroatoms. The molecule has 15 heavy (non-hydrogen) atoms. The average Bonchev–Trinajstić information content (AvgIpc) is 2.17. The number of ketones is 1. The highest BCUT2D eigenvalue weighted by Crippen LogP contribution is 2.28. The number of rotatable bonds is 4. The Bertz CT molecular complexity index is 232. The maximum absolute atomic E-state index is 11.2. The Morgan fingerprint density at radius 1 is 1.27 bits per heavy atom.